The van der Waals surface area contributed by atoms with Crippen LogP contribution in [0.2, 0.25) is 0 Å². The van der Waals surface area contributed by atoms with E-state index in [9.17, 15) is 0 Å². The fourth-order valence-electron chi connectivity index (χ4n) is 5.35. The van der Waals surface area contributed by atoms with Gasteiger partial charge in [-0.25, -0.2) is 9.67 Å². The van der Waals surface area contributed by atoms with Crippen molar-refractivity contribution in [2.75, 3.05) is 6.54 Å². The van der Waals surface area contributed by atoms with E-state index in [0.717, 1.165) is 67.6 Å². The molecule has 2 saturated carbocycles. The zero-order chi connectivity index (χ0) is 20.5. The molecule has 3 heterocycles. The van der Waals surface area contributed by atoms with E-state index in [2.05, 4.69) is 29.2 Å². The average Bonchev–Trinajstić information content (AvgIpc) is 3.51. The molecule has 5 rings (SSSR count). The van der Waals surface area contributed by atoms with E-state index in [1.165, 1.54) is 25.7 Å². The molecule has 31 heavy (non-hydrogen) atoms. The summed E-state index contributed by atoms with van der Waals surface area (Å²) in [5.41, 5.74) is 0. The SMILES string of the molecule is CC(C)c1nc2n(n1)CC(NC(=NCCc1ccco1)NC1CC3CCC1C3)CC2.I. The molecule has 0 radical (unpaired) electrons. The van der Waals surface area contributed by atoms with Crippen molar-refractivity contribution in [2.45, 2.75) is 83.3 Å². The van der Waals surface area contributed by atoms with Crippen LogP contribution in [0.5, 0.6) is 0 Å². The number of hydrogen-bond donors (Lipinski definition) is 2. The lowest BCUT2D eigenvalue weighted by Crippen LogP contribution is -2.51. The number of hydrogen-bond acceptors (Lipinski definition) is 4. The molecule has 2 aromatic rings. The maximum Gasteiger partial charge on any atom is 0.191 e. The largest absolute Gasteiger partial charge is 0.469 e. The number of halogens is 1. The van der Waals surface area contributed by atoms with Crippen LogP contribution in [0.4, 0.5) is 0 Å². The van der Waals surface area contributed by atoms with Gasteiger partial charge >= 0.3 is 0 Å². The van der Waals surface area contributed by atoms with Gasteiger partial charge in [0.2, 0.25) is 0 Å². The molecular weight excluding hydrogens is 503 g/mol. The van der Waals surface area contributed by atoms with Gasteiger partial charge in [-0.3, -0.25) is 4.99 Å². The Bertz CT molecular complexity index is 877. The Morgan fingerprint density at radius 2 is 2.16 bits per heavy atom. The normalized spacial score (nSPS) is 27.3. The third kappa shape index (κ3) is 5.26. The van der Waals surface area contributed by atoms with Gasteiger partial charge in [0, 0.05) is 37.4 Å². The molecule has 170 valence electrons. The molecule has 0 saturated heterocycles. The lowest BCUT2D eigenvalue weighted by molar-refractivity contribution is 0.369. The molecule has 2 fully saturated rings. The molecule has 3 aliphatic rings. The Hall–Kier alpha value is -1.58. The number of aromatic nitrogens is 3. The zero-order valence-electron chi connectivity index (χ0n) is 18.6. The second-order valence-electron chi connectivity index (χ2n) is 9.59. The Labute approximate surface area is 201 Å². The van der Waals surface area contributed by atoms with Crippen LogP contribution in [0, 0.1) is 11.8 Å². The summed E-state index contributed by atoms with van der Waals surface area (Å²) in [6.07, 6.45) is 10.0. The lowest BCUT2D eigenvalue weighted by Gasteiger charge is -2.29. The van der Waals surface area contributed by atoms with Gasteiger partial charge in [0.25, 0.3) is 0 Å². The van der Waals surface area contributed by atoms with Gasteiger partial charge in [0.05, 0.1) is 12.8 Å². The number of aliphatic imine (C=N–C) groups is 1. The van der Waals surface area contributed by atoms with Crippen LogP contribution in [0.15, 0.2) is 27.8 Å². The van der Waals surface area contributed by atoms with E-state index in [0.29, 0.717) is 18.0 Å². The summed E-state index contributed by atoms with van der Waals surface area (Å²) < 4.78 is 7.56. The van der Waals surface area contributed by atoms with Crippen LogP contribution in [0.3, 0.4) is 0 Å². The number of nitrogens with one attached hydrogen (secondary N) is 2. The maximum atomic E-state index is 5.47. The molecule has 0 amide bonds. The van der Waals surface area contributed by atoms with Crippen molar-refractivity contribution in [1.82, 2.24) is 25.4 Å². The first kappa shape index (κ1) is 22.6. The van der Waals surface area contributed by atoms with E-state index in [-0.39, 0.29) is 24.0 Å². The fourth-order valence-corrected chi connectivity index (χ4v) is 5.35. The van der Waals surface area contributed by atoms with E-state index >= 15 is 0 Å². The maximum absolute atomic E-state index is 5.47. The third-order valence-corrected chi connectivity index (χ3v) is 7.00. The van der Waals surface area contributed by atoms with Crippen molar-refractivity contribution in [3.63, 3.8) is 0 Å². The number of guanidine groups is 1. The van der Waals surface area contributed by atoms with Gasteiger partial charge in [0.1, 0.15) is 11.6 Å². The summed E-state index contributed by atoms with van der Waals surface area (Å²) in [5, 5.41) is 12.2. The van der Waals surface area contributed by atoms with E-state index in [1.807, 2.05) is 12.1 Å². The van der Waals surface area contributed by atoms with Crippen molar-refractivity contribution in [1.29, 1.82) is 0 Å². The van der Waals surface area contributed by atoms with Crippen molar-refractivity contribution in [3.8, 4) is 0 Å². The highest BCUT2D eigenvalue weighted by atomic mass is 127. The van der Waals surface area contributed by atoms with Crippen molar-refractivity contribution in [3.05, 3.63) is 35.8 Å². The summed E-state index contributed by atoms with van der Waals surface area (Å²) in [6.45, 7) is 5.88. The molecule has 2 N–H and O–H groups in total. The molecule has 4 unspecified atom stereocenters. The quantitative estimate of drug-likeness (QED) is 0.332. The van der Waals surface area contributed by atoms with Gasteiger partial charge in [-0.15, -0.1) is 24.0 Å². The van der Waals surface area contributed by atoms with Gasteiger partial charge in [-0.05, 0) is 49.7 Å². The van der Waals surface area contributed by atoms with Gasteiger partial charge < -0.3 is 15.1 Å². The van der Waals surface area contributed by atoms with Crippen LogP contribution < -0.4 is 10.6 Å². The van der Waals surface area contributed by atoms with Crippen molar-refractivity contribution in [2.24, 2.45) is 16.8 Å². The highest BCUT2D eigenvalue weighted by Crippen LogP contribution is 2.44. The molecule has 2 aromatic heterocycles. The summed E-state index contributed by atoms with van der Waals surface area (Å²) in [6, 6.07) is 4.85. The molecule has 2 bridgehead atoms. The van der Waals surface area contributed by atoms with E-state index in [4.69, 9.17) is 19.5 Å². The second kappa shape index (κ2) is 9.92. The molecule has 0 aromatic carbocycles. The standard InChI is InChI=1S/C23H34N6O.HI/c1-15(2)22-27-21-8-7-18(14-29(21)28-22)25-23(24-10-9-19-4-3-11-30-19)26-20-13-16-5-6-17(20)12-16;/h3-4,11,15-18,20H,5-10,12-14H2,1-2H3,(H2,24,25,26);1H. The van der Waals surface area contributed by atoms with Gasteiger partial charge in [0.15, 0.2) is 11.8 Å². The highest BCUT2D eigenvalue weighted by Gasteiger charge is 2.40. The third-order valence-electron chi connectivity index (χ3n) is 7.00. The Morgan fingerprint density at radius 1 is 1.26 bits per heavy atom. The molecular formula is C23H35IN6O. The minimum absolute atomic E-state index is 0. The molecule has 7 nitrogen and oxygen atoms in total. The van der Waals surface area contributed by atoms with Gasteiger partial charge in [-0.1, -0.05) is 20.3 Å². The Morgan fingerprint density at radius 3 is 2.87 bits per heavy atom. The minimum Gasteiger partial charge on any atom is -0.469 e. The topological polar surface area (TPSA) is 80.3 Å². The number of fused-ring (bicyclic) bond motifs is 3. The predicted octanol–water partition coefficient (Wildman–Crippen LogP) is 3.89. The monoisotopic (exact) mass is 538 g/mol. The first-order chi connectivity index (χ1) is 14.6. The Balaban J connectivity index is 0.00000231. The smallest absolute Gasteiger partial charge is 0.191 e. The summed E-state index contributed by atoms with van der Waals surface area (Å²) in [7, 11) is 0. The predicted molar refractivity (Wildman–Crippen MR) is 132 cm³/mol. The zero-order valence-corrected chi connectivity index (χ0v) is 20.9. The van der Waals surface area contributed by atoms with Crippen LogP contribution >= 0.6 is 24.0 Å². The molecule has 0 spiro atoms. The number of nitrogens with zero attached hydrogens (tertiary/aromatic N) is 4. The van der Waals surface area contributed by atoms with Crippen LogP contribution in [0.1, 0.15) is 69.3 Å². The van der Waals surface area contributed by atoms with E-state index < -0.39 is 0 Å². The fraction of sp³-hybridized carbons (Fsp3) is 0.696. The highest BCUT2D eigenvalue weighted by molar-refractivity contribution is 14.0. The average molecular weight is 538 g/mol. The Kier molecular flexibility index (Phi) is 7.23. The first-order valence-corrected chi connectivity index (χ1v) is 11.7. The summed E-state index contributed by atoms with van der Waals surface area (Å²) in [4.78, 5) is 9.64. The summed E-state index contributed by atoms with van der Waals surface area (Å²) >= 11 is 0. The van der Waals surface area contributed by atoms with Crippen LogP contribution in [-0.4, -0.2) is 39.4 Å². The van der Waals surface area contributed by atoms with E-state index in [1.54, 1.807) is 6.26 Å². The lowest BCUT2D eigenvalue weighted by atomic mass is 9.95. The number of furan rings is 1. The minimum atomic E-state index is 0. The summed E-state index contributed by atoms with van der Waals surface area (Å²) in [5.74, 6) is 6.12. The van der Waals surface area contributed by atoms with Gasteiger partial charge in [-0.2, -0.15) is 5.10 Å². The van der Waals surface area contributed by atoms with Crippen molar-refractivity contribution >= 4 is 29.9 Å². The molecule has 1 aliphatic heterocycles. The van der Waals surface area contributed by atoms with Crippen LogP contribution in [0.25, 0.3) is 0 Å². The van der Waals surface area contributed by atoms with Crippen molar-refractivity contribution < 1.29 is 4.42 Å². The van der Waals surface area contributed by atoms with Crippen LogP contribution in [-0.2, 0) is 19.4 Å². The molecule has 2 aliphatic carbocycles. The number of aryl methyl sites for hydroxylation is 1. The number of rotatable bonds is 6. The molecule has 4 atom stereocenters. The second-order valence-corrected chi connectivity index (χ2v) is 9.59. The first-order valence-electron chi connectivity index (χ1n) is 11.7. The molecule has 8 heteroatoms.